The predicted octanol–water partition coefficient (Wildman–Crippen LogP) is 4.84. The van der Waals surface area contributed by atoms with Gasteiger partial charge in [-0.05, 0) is 55.3 Å². The molecule has 1 fully saturated rings. The third-order valence-electron chi connectivity index (χ3n) is 5.75. The van der Waals surface area contributed by atoms with Crippen LogP contribution in [0.3, 0.4) is 0 Å². The number of carbonyl (C=O) groups is 2. The Hall–Kier alpha value is -3.71. The van der Waals surface area contributed by atoms with Gasteiger partial charge in [0.2, 0.25) is 0 Å². The second-order valence-electron chi connectivity index (χ2n) is 8.05. The van der Waals surface area contributed by atoms with Crippen molar-refractivity contribution in [1.82, 2.24) is 9.88 Å². The van der Waals surface area contributed by atoms with Gasteiger partial charge in [0.15, 0.2) is 5.78 Å². The Kier molecular flexibility index (Phi) is 7.23. The molecule has 8 heteroatoms. The molecule has 1 aliphatic rings. The van der Waals surface area contributed by atoms with Crippen LogP contribution in [0.1, 0.15) is 44.8 Å². The number of carbonyl (C=O) groups excluding carboxylic acids is 2. The Balaban J connectivity index is 1.51. The lowest BCUT2D eigenvalue weighted by Gasteiger charge is -2.18. The molecule has 0 radical (unpaired) electrons. The number of Topliss-reactive ketones (excluding diaryl/α,β-unsaturated/α-hetero) is 1. The zero-order chi connectivity index (χ0) is 24.1. The topological polar surface area (TPSA) is 95.4 Å². The van der Waals surface area contributed by atoms with E-state index in [1.807, 2.05) is 4.90 Å². The molecule has 1 amide bonds. The second kappa shape index (κ2) is 10.5. The molecule has 0 unspecified atom stereocenters. The number of pyridine rings is 1. The lowest BCUT2D eigenvalue weighted by atomic mass is 10.0. The summed E-state index contributed by atoms with van der Waals surface area (Å²) in [6, 6.07) is 15.3. The van der Waals surface area contributed by atoms with E-state index < -0.39 is 0 Å². The maximum Gasteiger partial charge on any atom is 0.255 e. The first-order valence-corrected chi connectivity index (χ1v) is 11.4. The quantitative estimate of drug-likeness (QED) is 0.289. The summed E-state index contributed by atoms with van der Waals surface area (Å²) in [4.78, 5) is 32.2. The average Bonchev–Trinajstić information content (AvgIpc) is 3.40. The van der Waals surface area contributed by atoms with Crippen molar-refractivity contribution >= 4 is 34.8 Å². The summed E-state index contributed by atoms with van der Waals surface area (Å²) in [6.07, 6.45) is 3.74. The fraction of sp³-hybridized carbons (Fsp3) is 0.231. The molecule has 1 aliphatic heterocycles. The molecule has 0 bridgehead atoms. The van der Waals surface area contributed by atoms with Gasteiger partial charge in [0.1, 0.15) is 11.6 Å². The number of nitrogens with zero attached hydrogens (tertiary/aromatic N) is 2. The molecule has 3 aromatic rings. The first-order valence-electron chi connectivity index (χ1n) is 11.0. The molecule has 174 valence electrons. The Morgan fingerprint density at radius 2 is 1.76 bits per heavy atom. The van der Waals surface area contributed by atoms with E-state index in [-0.39, 0.29) is 18.1 Å². The molecule has 2 heterocycles. The zero-order valence-corrected chi connectivity index (χ0v) is 19.6. The van der Waals surface area contributed by atoms with Gasteiger partial charge >= 0.3 is 0 Å². The first-order chi connectivity index (χ1) is 16.4. The van der Waals surface area contributed by atoms with Crippen molar-refractivity contribution < 1.29 is 14.3 Å². The molecule has 34 heavy (non-hydrogen) atoms. The molecule has 1 saturated heterocycles. The number of methoxy groups -OCH3 is 1. The van der Waals surface area contributed by atoms with Gasteiger partial charge in [-0.2, -0.15) is 0 Å². The van der Waals surface area contributed by atoms with Crippen LogP contribution in [0.25, 0.3) is 0 Å². The number of benzene rings is 2. The van der Waals surface area contributed by atoms with Crippen molar-refractivity contribution in [3.63, 3.8) is 0 Å². The third kappa shape index (κ3) is 5.43. The van der Waals surface area contributed by atoms with Gasteiger partial charge in [0.05, 0.1) is 24.2 Å². The van der Waals surface area contributed by atoms with Crippen LogP contribution in [0.5, 0.6) is 5.75 Å². The van der Waals surface area contributed by atoms with E-state index in [4.69, 9.17) is 21.7 Å². The highest BCUT2D eigenvalue weighted by Gasteiger charge is 2.19. The van der Waals surface area contributed by atoms with E-state index in [1.165, 1.54) is 13.3 Å². The number of hydrogen-bond acceptors (Lipinski definition) is 5. The Morgan fingerprint density at radius 3 is 2.41 bits per heavy atom. The highest BCUT2D eigenvalue weighted by atomic mass is 35.5. The molecular weight excluding hydrogens is 452 g/mol. The molecule has 0 aliphatic carbocycles. The van der Waals surface area contributed by atoms with Gasteiger partial charge in [0, 0.05) is 41.7 Å². The van der Waals surface area contributed by atoms with Crippen LogP contribution in [0.2, 0.25) is 5.02 Å². The number of nitrogens with one attached hydrogen (secondary N) is 2. The van der Waals surface area contributed by atoms with Crippen LogP contribution in [0.15, 0.2) is 60.8 Å². The minimum absolute atomic E-state index is 0.0561. The average molecular weight is 477 g/mol. The number of amides is 1. The van der Waals surface area contributed by atoms with Crippen LogP contribution in [0, 0.1) is 5.41 Å². The third-order valence-corrected chi connectivity index (χ3v) is 5.97. The Bertz CT molecular complexity index is 1200. The number of hydrogen-bond donors (Lipinski definition) is 2. The largest absolute Gasteiger partial charge is 0.497 e. The Labute approximate surface area is 203 Å². The fourth-order valence-corrected chi connectivity index (χ4v) is 3.97. The SMILES string of the molecule is COc1ccc(NC(=O)c2ccc(C(=N)N3CCCC3)cc2)c(C(=O)Cc2ccc(Cl)cn2)c1. The predicted molar refractivity (Wildman–Crippen MR) is 132 cm³/mol. The summed E-state index contributed by atoms with van der Waals surface area (Å²) in [5.41, 5.74) is 2.50. The smallest absolute Gasteiger partial charge is 0.255 e. The molecule has 1 aromatic heterocycles. The van der Waals surface area contributed by atoms with E-state index >= 15 is 0 Å². The molecule has 0 spiro atoms. The van der Waals surface area contributed by atoms with Gasteiger partial charge in [-0.25, -0.2) is 0 Å². The van der Waals surface area contributed by atoms with Crippen molar-refractivity contribution in [3.05, 3.63) is 88.2 Å². The summed E-state index contributed by atoms with van der Waals surface area (Å²) >= 11 is 5.88. The fourth-order valence-electron chi connectivity index (χ4n) is 3.86. The van der Waals surface area contributed by atoms with Crippen molar-refractivity contribution in [2.45, 2.75) is 19.3 Å². The summed E-state index contributed by atoms with van der Waals surface area (Å²) in [6.45, 7) is 1.78. The van der Waals surface area contributed by atoms with E-state index in [2.05, 4.69) is 10.3 Å². The van der Waals surface area contributed by atoms with E-state index in [0.717, 1.165) is 31.5 Å². The number of ketones is 1. The Morgan fingerprint density at radius 1 is 1.06 bits per heavy atom. The molecule has 0 atom stereocenters. The monoisotopic (exact) mass is 476 g/mol. The molecule has 7 nitrogen and oxygen atoms in total. The maximum atomic E-state index is 13.0. The molecule has 2 N–H and O–H groups in total. The lowest BCUT2D eigenvalue weighted by molar-refractivity contribution is 0.0992. The summed E-state index contributed by atoms with van der Waals surface area (Å²) in [7, 11) is 1.52. The van der Waals surface area contributed by atoms with Gasteiger partial charge < -0.3 is 15.0 Å². The summed E-state index contributed by atoms with van der Waals surface area (Å²) in [5.74, 6) is 0.431. The number of halogens is 1. The van der Waals surface area contributed by atoms with E-state index in [9.17, 15) is 9.59 Å². The number of aromatic nitrogens is 1. The van der Waals surface area contributed by atoms with Gasteiger partial charge in [-0.1, -0.05) is 23.7 Å². The first kappa shape index (κ1) is 23.4. The van der Waals surface area contributed by atoms with Crippen molar-refractivity contribution in [2.24, 2.45) is 0 Å². The number of rotatable bonds is 7. The number of anilines is 1. The standard InChI is InChI=1S/C26H25ClN4O3/c1-34-21-10-11-23(22(15-21)24(32)14-20-9-8-19(27)16-29-20)30-26(33)18-6-4-17(5-7-18)25(28)31-12-2-3-13-31/h4-11,15-16,28H,2-3,12-14H2,1H3,(H,30,33). The molecule has 4 rings (SSSR count). The van der Waals surface area contributed by atoms with E-state index in [1.54, 1.807) is 54.6 Å². The van der Waals surface area contributed by atoms with Gasteiger partial charge in [0.25, 0.3) is 5.91 Å². The second-order valence-corrected chi connectivity index (χ2v) is 8.49. The van der Waals surface area contributed by atoms with Crippen LogP contribution >= 0.6 is 11.6 Å². The minimum atomic E-state index is -0.344. The van der Waals surface area contributed by atoms with Crippen molar-refractivity contribution in [3.8, 4) is 5.75 Å². The van der Waals surface area contributed by atoms with E-state index in [0.29, 0.717) is 39.1 Å². The van der Waals surface area contributed by atoms with Crippen LogP contribution in [-0.2, 0) is 6.42 Å². The molecular formula is C26H25ClN4O3. The van der Waals surface area contributed by atoms with Crippen LogP contribution in [0.4, 0.5) is 5.69 Å². The molecule has 2 aromatic carbocycles. The lowest BCUT2D eigenvalue weighted by Crippen LogP contribution is -2.27. The number of ether oxygens (including phenoxy) is 1. The van der Waals surface area contributed by atoms with Gasteiger partial charge in [-0.15, -0.1) is 0 Å². The minimum Gasteiger partial charge on any atom is -0.497 e. The highest BCUT2D eigenvalue weighted by molar-refractivity contribution is 6.30. The van der Waals surface area contributed by atoms with Crippen LogP contribution < -0.4 is 10.1 Å². The maximum absolute atomic E-state index is 13.0. The highest BCUT2D eigenvalue weighted by Crippen LogP contribution is 2.25. The molecule has 0 saturated carbocycles. The number of amidine groups is 1. The summed E-state index contributed by atoms with van der Waals surface area (Å²) < 4.78 is 5.27. The van der Waals surface area contributed by atoms with Crippen LogP contribution in [-0.4, -0.2) is 47.6 Å². The number of likely N-dealkylation sites (tertiary alicyclic amines) is 1. The zero-order valence-electron chi connectivity index (χ0n) is 18.8. The normalized spacial score (nSPS) is 12.9. The van der Waals surface area contributed by atoms with Gasteiger partial charge in [-0.3, -0.25) is 20.0 Å². The van der Waals surface area contributed by atoms with Crippen molar-refractivity contribution in [2.75, 3.05) is 25.5 Å². The summed E-state index contributed by atoms with van der Waals surface area (Å²) in [5, 5.41) is 11.7. The van der Waals surface area contributed by atoms with Crippen molar-refractivity contribution in [1.29, 1.82) is 5.41 Å².